The van der Waals surface area contributed by atoms with Gasteiger partial charge in [-0.15, -0.1) is 22.7 Å². The van der Waals surface area contributed by atoms with Crippen molar-refractivity contribution in [1.82, 2.24) is 9.97 Å². The van der Waals surface area contributed by atoms with Crippen LogP contribution < -0.4 is 0 Å². The van der Waals surface area contributed by atoms with Gasteiger partial charge in [-0.3, -0.25) is 0 Å². The third-order valence-electron chi connectivity index (χ3n) is 9.48. The monoisotopic (exact) mass is 672 g/mol. The van der Waals surface area contributed by atoms with Gasteiger partial charge in [-0.25, -0.2) is 9.97 Å². The molecule has 234 valence electrons. The summed E-state index contributed by atoms with van der Waals surface area (Å²) in [7, 11) is 0. The summed E-state index contributed by atoms with van der Waals surface area (Å²) in [5.41, 5.74) is 9.56. The van der Waals surface area contributed by atoms with Gasteiger partial charge in [0.05, 0.1) is 11.4 Å². The van der Waals surface area contributed by atoms with Crippen LogP contribution in [0.4, 0.5) is 0 Å². The molecule has 0 N–H and O–H groups in total. The van der Waals surface area contributed by atoms with Crippen molar-refractivity contribution >= 4 is 63.0 Å². The van der Waals surface area contributed by atoms with Crippen molar-refractivity contribution in [3.8, 4) is 56.2 Å². The van der Waals surface area contributed by atoms with E-state index in [1.807, 2.05) is 22.7 Å². The number of nitrogens with zero attached hydrogens (tertiary/aromatic N) is 2. The van der Waals surface area contributed by atoms with Crippen LogP contribution >= 0.6 is 22.7 Å². The minimum absolute atomic E-state index is 0.709. The van der Waals surface area contributed by atoms with Crippen LogP contribution in [0.2, 0.25) is 0 Å². The topological polar surface area (TPSA) is 25.8 Å². The number of aromatic nitrogens is 2. The van der Waals surface area contributed by atoms with Crippen LogP contribution in [0.5, 0.6) is 0 Å². The first kappa shape index (κ1) is 29.0. The highest BCUT2D eigenvalue weighted by atomic mass is 32.1. The summed E-state index contributed by atoms with van der Waals surface area (Å²) >= 11 is 3.66. The second-order valence-corrected chi connectivity index (χ2v) is 14.8. The number of rotatable bonds is 5. The molecule has 0 aliphatic carbocycles. The maximum Gasteiger partial charge on any atom is 0.160 e. The van der Waals surface area contributed by atoms with E-state index in [0.717, 1.165) is 50.3 Å². The molecule has 50 heavy (non-hydrogen) atoms. The smallest absolute Gasteiger partial charge is 0.160 e. The molecule has 7 aromatic carbocycles. The van der Waals surface area contributed by atoms with Gasteiger partial charge in [0.1, 0.15) is 0 Å². The highest BCUT2D eigenvalue weighted by Gasteiger charge is 2.16. The van der Waals surface area contributed by atoms with E-state index in [4.69, 9.17) is 9.97 Å². The molecular formula is C46H28N2S2. The third-order valence-corrected chi connectivity index (χ3v) is 11.7. The van der Waals surface area contributed by atoms with Gasteiger partial charge in [-0.2, -0.15) is 0 Å². The molecule has 3 heterocycles. The molecule has 10 aromatic rings. The Labute approximate surface area is 297 Å². The Morgan fingerprint density at radius 2 is 0.700 bits per heavy atom. The molecular weight excluding hydrogens is 645 g/mol. The Morgan fingerprint density at radius 1 is 0.280 bits per heavy atom. The molecule has 0 atom stereocenters. The van der Waals surface area contributed by atoms with Crippen molar-refractivity contribution in [2.75, 3.05) is 0 Å². The predicted molar refractivity (Wildman–Crippen MR) is 215 cm³/mol. The summed E-state index contributed by atoms with van der Waals surface area (Å²) in [6.07, 6.45) is 0. The van der Waals surface area contributed by atoms with Gasteiger partial charge < -0.3 is 0 Å². The number of benzene rings is 7. The Morgan fingerprint density at radius 3 is 1.20 bits per heavy atom. The van der Waals surface area contributed by atoms with Gasteiger partial charge in [0.2, 0.25) is 0 Å². The zero-order chi connectivity index (χ0) is 33.0. The molecule has 0 bridgehead atoms. The highest BCUT2D eigenvalue weighted by molar-refractivity contribution is 7.26. The van der Waals surface area contributed by atoms with Crippen molar-refractivity contribution < 1.29 is 0 Å². The third kappa shape index (κ3) is 5.09. The van der Waals surface area contributed by atoms with Crippen molar-refractivity contribution in [2.45, 2.75) is 0 Å². The zero-order valence-corrected chi connectivity index (χ0v) is 28.5. The van der Waals surface area contributed by atoms with Gasteiger partial charge in [0, 0.05) is 57.0 Å². The molecule has 0 saturated carbocycles. The molecule has 0 spiro atoms. The van der Waals surface area contributed by atoms with E-state index in [2.05, 4.69) is 170 Å². The molecule has 0 saturated heterocycles. The molecule has 0 unspecified atom stereocenters. The lowest BCUT2D eigenvalue weighted by Gasteiger charge is -2.13. The first-order valence-corrected chi connectivity index (χ1v) is 18.4. The Kier molecular flexibility index (Phi) is 6.90. The molecule has 0 fully saturated rings. The van der Waals surface area contributed by atoms with E-state index in [1.165, 1.54) is 40.3 Å². The van der Waals surface area contributed by atoms with Gasteiger partial charge >= 0.3 is 0 Å². The lowest BCUT2D eigenvalue weighted by Crippen LogP contribution is -1.97. The van der Waals surface area contributed by atoms with Crippen LogP contribution in [0.1, 0.15) is 0 Å². The molecule has 4 heteroatoms. The maximum absolute atomic E-state index is 5.32. The van der Waals surface area contributed by atoms with Gasteiger partial charge in [0.15, 0.2) is 5.82 Å². The molecule has 0 aliphatic rings. The number of thiophene rings is 2. The van der Waals surface area contributed by atoms with E-state index in [9.17, 15) is 0 Å². The summed E-state index contributed by atoms with van der Waals surface area (Å²) in [6.45, 7) is 0. The number of fused-ring (bicyclic) bond motifs is 6. The van der Waals surface area contributed by atoms with Crippen molar-refractivity contribution in [3.63, 3.8) is 0 Å². The lowest BCUT2D eigenvalue weighted by atomic mass is 9.95. The number of hydrogen-bond acceptors (Lipinski definition) is 4. The molecule has 0 amide bonds. The average Bonchev–Trinajstić information content (AvgIpc) is 3.76. The average molecular weight is 673 g/mol. The molecule has 0 aliphatic heterocycles. The van der Waals surface area contributed by atoms with Crippen LogP contribution in [0.25, 0.3) is 96.5 Å². The molecule has 2 nitrogen and oxygen atoms in total. The largest absolute Gasteiger partial charge is 0.228 e. The minimum Gasteiger partial charge on any atom is -0.228 e. The number of hydrogen-bond donors (Lipinski definition) is 0. The second-order valence-electron chi connectivity index (χ2n) is 12.6. The summed E-state index contributed by atoms with van der Waals surface area (Å²) in [6, 6.07) is 60.8. The van der Waals surface area contributed by atoms with E-state index < -0.39 is 0 Å². The first-order valence-electron chi connectivity index (χ1n) is 16.7. The zero-order valence-electron chi connectivity index (χ0n) is 26.9. The molecule has 10 rings (SSSR count). The Balaban J connectivity index is 1.20. The fourth-order valence-electron chi connectivity index (χ4n) is 6.99. The van der Waals surface area contributed by atoms with E-state index in [-0.39, 0.29) is 0 Å². The van der Waals surface area contributed by atoms with Gasteiger partial charge in [-0.05, 0) is 70.8 Å². The van der Waals surface area contributed by atoms with Gasteiger partial charge in [-0.1, -0.05) is 121 Å². The van der Waals surface area contributed by atoms with Gasteiger partial charge in [0.25, 0.3) is 0 Å². The maximum atomic E-state index is 5.32. The van der Waals surface area contributed by atoms with Crippen LogP contribution in [0.3, 0.4) is 0 Å². The normalized spacial score (nSPS) is 11.6. The fraction of sp³-hybridized carbons (Fsp3) is 0. The quantitative estimate of drug-likeness (QED) is 0.182. The van der Waals surface area contributed by atoms with Crippen LogP contribution in [-0.4, -0.2) is 9.97 Å². The molecule has 3 aromatic heterocycles. The SMILES string of the molecule is c1ccc(-c2cc(-c3ccccc3)cc(-c3nc(-c4ccc5c(c4)sc4ccccc45)cc(-c4ccc5c(c4)sc4ccccc45)n3)c2)cc1. The fourth-order valence-corrected chi connectivity index (χ4v) is 9.28. The predicted octanol–water partition coefficient (Wildman–Crippen LogP) is 13.5. The summed E-state index contributed by atoms with van der Waals surface area (Å²) in [5, 5.41) is 5.15. The van der Waals surface area contributed by atoms with E-state index >= 15 is 0 Å². The summed E-state index contributed by atoms with van der Waals surface area (Å²) in [4.78, 5) is 10.6. The Hall–Kier alpha value is -5.94. The van der Waals surface area contributed by atoms with Crippen LogP contribution in [0.15, 0.2) is 170 Å². The van der Waals surface area contributed by atoms with E-state index in [0.29, 0.717) is 5.82 Å². The lowest BCUT2D eigenvalue weighted by molar-refractivity contribution is 1.18. The van der Waals surface area contributed by atoms with Crippen molar-refractivity contribution in [3.05, 3.63) is 170 Å². The van der Waals surface area contributed by atoms with Crippen LogP contribution in [-0.2, 0) is 0 Å². The summed E-state index contributed by atoms with van der Waals surface area (Å²) < 4.78 is 5.11. The Bertz CT molecular complexity index is 2680. The minimum atomic E-state index is 0.709. The molecule has 0 radical (unpaired) electrons. The standard InChI is InChI=1S/C46H28N2S2/c1-3-11-29(12-4-1)33-23-34(30-13-5-2-6-14-30)25-35(24-33)46-47-40(31-19-21-38-36-15-7-9-17-42(36)49-44(38)26-31)28-41(48-46)32-20-22-39-37-16-8-10-18-43(37)50-45(39)27-32/h1-28H. The second kappa shape index (κ2) is 11.9. The van der Waals surface area contributed by atoms with E-state index in [1.54, 1.807) is 0 Å². The highest BCUT2D eigenvalue weighted by Crippen LogP contribution is 2.40. The van der Waals surface area contributed by atoms with Crippen molar-refractivity contribution in [1.29, 1.82) is 0 Å². The van der Waals surface area contributed by atoms with Crippen molar-refractivity contribution in [2.24, 2.45) is 0 Å². The first-order chi connectivity index (χ1) is 24.7. The van der Waals surface area contributed by atoms with Crippen LogP contribution in [0, 0.1) is 0 Å². The summed E-state index contributed by atoms with van der Waals surface area (Å²) in [5.74, 6) is 0.709.